The van der Waals surface area contributed by atoms with Gasteiger partial charge in [-0.3, -0.25) is 0 Å². The van der Waals surface area contributed by atoms with Crippen molar-refractivity contribution in [1.82, 2.24) is 4.98 Å². The maximum atomic E-state index is 6.39. The third kappa shape index (κ3) is 2.48. The quantitative estimate of drug-likeness (QED) is 0.754. The third-order valence-electron chi connectivity index (χ3n) is 2.87. The van der Waals surface area contributed by atoms with Gasteiger partial charge in [-0.15, -0.1) is 0 Å². The zero-order chi connectivity index (χ0) is 12.8. The summed E-state index contributed by atoms with van der Waals surface area (Å²) < 4.78 is 7.08. The van der Waals surface area contributed by atoms with Crippen molar-refractivity contribution < 1.29 is 4.42 Å². The zero-order valence-corrected chi connectivity index (χ0v) is 14.6. The van der Waals surface area contributed by atoms with E-state index in [1.54, 1.807) is 0 Å². The van der Waals surface area contributed by atoms with E-state index >= 15 is 0 Å². The Labute approximate surface area is 111 Å². The first-order valence-corrected chi connectivity index (χ1v) is 16.3. The summed E-state index contributed by atoms with van der Waals surface area (Å²) in [6.45, 7) is 4.23. The van der Waals surface area contributed by atoms with E-state index < -0.39 is 18.4 Å². The fourth-order valence-electron chi connectivity index (χ4n) is 1.73. The average Bonchev–Trinajstić information content (AvgIpc) is 2.61. The van der Waals surface area contributed by atoms with Crippen molar-refractivity contribution in [1.29, 1.82) is 0 Å². The minimum absolute atomic E-state index is 0.367. The molecule has 0 amide bonds. The van der Waals surface area contributed by atoms with Gasteiger partial charge < -0.3 is 0 Å². The third-order valence-corrected chi connectivity index (χ3v) is 8.18. The predicted molar refractivity (Wildman–Crippen MR) is 76.1 cm³/mol. The van der Waals surface area contributed by atoms with Crippen LogP contribution in [0.15, 0.2) is 16.7 Å². The number of rotatable bonds is 2. The topological polar surface area (TPSA) is 26.0 Å². The van der Waals surface area contributed by atoms with Gasteiger partial charge >= 0.3 is 112 Å². The number of furan rings is 1. The molecule has 4 heteroatoms. The van der Waals surface area contributed by atoms with Crippen molar-refractivity contribution in [3.63, 3.8) is 0 Å². The summed E-state index contributed by atoms with van der Waals surface area (Å²) in [4.78, 5) is 11.4. The Morgan fingerprint density at radius 2 is 1.94 bits per heavy atom. The van der Waals surface area contributed by atoms with Gasteiger partial charge in [0.15, 0.2) is 0 Å². The second-order valence-electron chi connectivity index (χ2n) is 5.76. The molecule has 92 valence electrons. The summed E-state index contributed by atoms with van der Waals surface area (Å²) in [5, 5.41) is 0.729. The summed E-state index contributed by atoms with van der Waals surface area (Å²) in [7, 11) is 0. The van der Waals surface area contributed by atoms with Crippen LogP contribution in [0.2, 0.25) is 19.8 Å². The molecule has 2 rings (SSSR count). The fraction of sp³-hybridized carbons (Fsp3) is 0.462. The Bertz CT molecular complexity index is 554. The Morgan fingerprint density at radius 1 is 1.29 bits per heavy atom. The normalized spacial score (nSPS) is 12.6. The first kappa shape index (κ1) is 13.2. The van der Waals surface area contributed by atoms with E-state index in [1.807, 2.05) is 6.20 Å². The number of hydrogen-bond acceptors (Lipinski definition) is 2. The predicted octanol–water partition coefficient (Wildman–Crippen LogP) is 4.15. The van der Waals surface area contributed by atoms with Crippen molar-refractivity contribution in [2.45, 2.75) is 34.6 Å². The Balaban J connectivity index is 2.66. The van der Waals surface area contributed by atoms with Crippen LogP contribution in [0.1, 0.15) is 25.3 Å². The van der Waals surface area contributed by atoms with Gasteiger partial charge in [-0.25, -0.2) is 0 Å². The molecule has 2 heterocycles. The van der Waals surface area contributed by atoms with Crippen LogP contribution in [0, 0.1) is 0 Å². The first-order chi connectivity index (χ1) is 7.80. The van der Waals surface area contributed by atoms with Crippen LogP contribution in [0.3, 0.4) is 0 Å². The molecule has 0 aliphatic rings. The van der Waals surface area contributed by atoms with Crippen LogP contribution in [0.4, 0.5) is 0 Å². The second-order valence-corrected chi connectivity index (χ2v) is 20.4. The molecule has 2 aromatic rings. The van der Waals surface area contributed by atoms with Gasteiger partial charge in [0, 0.05) is 0 Å². The number of nitrogens with zero attached hydrogens (tertiary/aromatic N) is 1. The number of fused-ring (bicyclic) bond motifs is 1. The van der Waals surface area contributed by atoms with E-state index in [9.17, 15) is 0 Å². The van der Waals surface area contributed by atoms with Crippen LogP contribution in [0.5, 0.6) is 0 Å². The van der Waals surface area contributed by atoms with Crippen molar-refractivity contribution >= 4 is 44.9 Å². The molecule has 0 bridgehead atoms. The minimum atomic E-state index is -2.18. The molecule has 0 saturated heterocycles. The van der Waals surface area contributed by atoms with Crippen LogP contribution in [0.25, 0.3) is 11.1 Å². The van der Waals surface area contributed by atoms with E-state index in [0.29, 0.717) is 5.92 Å². The molecule has 0 unspecified atom stereocenters. The van der Waals surface area contributed by atoms with Crippen molar-refractivity contribution in [2.75, 3.05) is 0 Å². The molecule has 0 aromatic carbocycles. The maximum absolute atomic E-state index is 6.39. The number of aromatic nitrogens is 1. The Kier molecular flexibility index (Phi) is 3.47. The summed E-state index contributed by atoms with van der Waals surface area (Å²) in [5.41, 5.74) is 2.71. The van der Waals surface area contributed by atoms with Gasteiger partial charge in [-0.05, 0) is 0 Å². The summed E-state index contributed by atoms with van der Waals surface area (Å²) >= 11 is 4.21. The molecule has 0 saturated carbocycles. The van der Waals surface area contributed by atoms with E-state index in [4.69, 9.17) is 16.0 Å². The summed E-state index contributed by atoms with van der Waals surface area (Å²) in [6, 6.07) is 2.07. The van der Waals surface area contributed by atoms with Gasteiger partial charge in [-0.1, -0.05) is 0 Å². The van der Waals surface area contributed by atoms with Crippen LogP contribution < -0.4 is 3.78 Å². The molecular formula is C13H18ClNOSn. The standard InChI is InChI=1S/C10H9ClNO.3CH3.Sn/c1-6(2)7-5-12-8-3-4-13-10(8)9(7)11;;;;/h3,5-6H,1-2H3;3*1H3;. The molecule has 0 atom stereocenters. The molecule has 17 heavy (non-hydrogen) atoms. The molecule has 2 nitrogen and oxygen atoms in total. The van der Waals surface area contributed by atoms with Gasteiger partial charge in [0.2, 0.25) is 0 Å². The Morgan fingerprint density at radius 3 is 2.47 bits per heavy atom. The zero-order valence-electron chi connectivity index (χ0n) is 11.0. The second kappa shape index (κ2) is 4.47. The molecule has 0 aliphatic heterocycles. The molecule has 0 aliphatic carbocycles. The van der Waals surface area contributed by atoms with Gasteiger partial charge in [0.1, 0.15) is 0 Å². The van der Waals surface area contributed by atoms with Gasteiger partial charge in [0.05, 0.1) is 0 Å². The molecule has 0 N–H and O–H groups in total. The van der Waals surface area contributed by atoms with Crippen LogP contribution in [-0.2, 0) is 0 Å². The van der Waals surface area contributed by atoms with E-state index in [2.05, 4.69) is 39.7 Å². The molecule has 2 aromatic heterocycles. The van der Waals surface area contributed by atoms with E-state index in [0.717, 1.165) is 25.5 Å². The molecule has 0 radical (unpaired) electrons. The fourth-order valence-corrected chi connectivity index (χ4v) is 4.93. The number of hydrogen-bond donors (Lipinski definition) is 0. The van der Waals surface area contributed by atoms with Crippen molar-refractivity contribution in [2.24, 2.45) is 0 Å². The molecule has 0 fully saturated rings. The van der Waals surface area contributed by atoms with Crippen LogP contribution in [-0.4, -0.2) is 23.4 Å². The van der Waals surface area contributed by atoms with Crippen LogP contribution >= 0.6 is 11.6 Å². The van der Waals surface area contributed by atoms with Gasteiger partial charge in [-0.2, -0.15) is 0 Å². The molecular weight excluding hydrogens is 340 g/mol. The summed E-state index contributed by atoms with van der Waals surface area (Å²) in [6.07, 6.45) is 1.87. The van der Waals surface area contributed by atoms with Crippen molar-refractivity contribution in [3.05, 3.63) is 22.8 Å². The Hall–Kier alpha value is -0.221. The van der Waals surface area contributed by atoms with E-state index in [-0.39, 0.29) is 0 Å². The average molecular weight is 358 g/mol. The summed E-state index contributed by atoms with van der Waals surface area (Å²) in [5.74, 6) is 0.367. The first-order valence-electron chi connectivity index (χ1n) is 5.89. The monoisotopic (exact) mass is 359 g/mol. The van der Waals surface area contributed by atoms with Crippen molar-refractivity contribution in [3.8, 4) is 0 Å². The number of pyridine rings is 1. The number of halogens is 1. The van der Waals surface area contributed by atoms with Gasteiger partial charge in [0.25, 0.3) is 0 Å². The molecule has 0 spiro atoms. The SMILES string of the molecule is CC(C)c1cnc2c[c]([Sn]([CH3])([CH3])[CH3])oc2c1Cl. The van der Waals surface area contributed by atoms with E-state index in [1.165, 1.54) is 0 Å².